The van der Waals surface area contributed by atoms with Crippen LogP contribution in [0.5, 0.6) is 0 Å². The van der Waals surface area contributed by atoms with Crippen LogP contribution in [-0.4, -0.2) is 96.7 Å². The molecule has 0 aromatic rings. The number of phosphoric acid groups is 2. The molecule has 0 aromatic carbocycles. The number of rotatable bonds is 73. The molecular formula is C75H146O17P2. The topological polar surface area (TPSA) is 237 Å². The molecule has 0 radical (unpaired) electrons. The number of aliphatic hydroxyl groups excluding tert-OH is 1. The number of carbonyl (C=O) groups excluding carboxylic acids is 4. The maximum Gasteiger partial charge on any atom is 0.472 e. The van der Waals surface area contributed by atoms with Gasteiger partial charge in [-0.15, -0.1) is 0 Å². The fourth-order valence-corrected chi connectivity index (χ4v) is 13.0. The Morgan fingerprint density at radius 3 is 0.723 bits per heavy atom. The second-order valence-electron chi connectivity index (χ2n) is 28.5. The van der Waals surface area contributed by atoms with E-state index in [2.05, 4.69) is 48.5 Å². The molecule has 0 bridgehead atoms. The van der Waals surface area contributed by atoms with Crippen molar-refractivity contribution in [3.63, 3.8) is 0 Å². The van der Waals surface area contributed by atoms with Crippen molar-refractivity contribution in [3.8, 4) is 0 Å². The molecule has 19 heteroatoms. The van der Waals surface area contributed by atoms with Crippen LogP contribution in [0.2, 0.25) is 0 Å². The molecule has 0 fully saturated rings. The number of unbranched alkanes of at least 4 members (excludes halogenated alkanes) is 41. The van der Waals surface area contributed by atoms with Gasteiger partial charge < -0.3 is 33.8 Å². The summed E-state index contributed by atoms with van der Waals surface area (Å²) in [4.78, 5) is 72.7. The summed E-state index contributed by atoms with van der Waals surface area (Å²) in [6.07, 6.45) is 51.5. The Morgan fingerprint density at radius 1 is 0.287 bits per heavy atom. The van der Waals surface area contributed by atoms with Gasteiger partial charge in [-0.25, -0.2) is 9.13 Å². The summed E-state index contributed by atoms with van der Waals surface area (Å²) < 4.78 is 68.4. The minimum atomic E-state index is -4.96. The number of esters is 4. The van der Waals surface area contributed by atoms with E-state index in [1.54, 1.807) is 0 Å². The second kappa shape index (κ2) is 65.7. The van der Waals surface area contributed by atoms with Crippen molar-refractivity contribution < 1.29 is 80.2 Å². The van der Waals surface area contributed by atoms with E-state index in [1.807, 2.05) is 0 Å². The van der Waals surface area contributed by atoms with E-state index >= 15 is 0 Å². The van der Waals surface area contributed by atoms with Gasteiger partial charge in [-0.1, -0.05) is 331 Å². The van der Waals surface area contributed by atoms with Gasteiger partial charge in [-0.05, 0) is 43.4 Å². The van der Waals surface area contributed by atoms with Gasteiger partial charge in [0.1, 0.15) is 19.3 Å². The van der Waals surface area contributed by atoms with Gasteiger partial charge in [-0.3, -0.25) is 37.3 Å². The smallest absolute Gasteiger partial charge is 0.462 e. The van der Waals surface area contributed by atoms with Crippen LogP contribution >= 0.6 is 15.6 Å². The van der Waals surface area contributed by atoms with Gasteiger partial charge >= 0.3 is 39.5 Å². The van der Waals surface area contributed by atoms with Crippen LogP contribution in [0.1, 0.15) is 382 Å². The van der Waals surface area contributed by atoms with Gasteiger partial charge in [0.2, 0.25) is 0 Å². The van der Waals surface area contributed by atoms with Crippen molar-refractivity contribution in [2.45, 2.75) is 401 Å². The van der Waals surface area contributed by atoms with Crippen molar-refractivity contribution in [1.29, 1.82) is 0 Å². The molecule has 0 saturated carbocycles. The van der Waals surface area contributed by atoms with Crippen LogP contribution in [0.3, 0.4) is 0 Å². The zero-order valence-corrected chi connectivity index (χ0v) is 63.2. The highest BCUT2D eigenvalue weighted by atomic mass is 31.2. The fourth-order valence-electron chi connectivity index (χ4n) is 11.4. The molecular weight excluding hydrogens is 1230 g/mol. The predicted molar refractivity (Wildman–Crippen MR) is 381 cm³/mol. The summed E-state index contributed by atoms with van der Waals surface area (Å²) in [6.45, 7) is 11.9. The molecule has 0 rings (SSSR count). The Kier molecular flexibility index (Phi) is 64.3. The van der Waals surface area contributed by atoms with Crippen molar-refractivity contribution >= 4 is 39.5 Å². The van der Waals surface area contributed by atoms with Crippen molar-refractivity contribution in [2.75, 3.05) is 39.6 Å². The third-order valence-corrected chi connectivity index (χ3v) is 19.3. The van der Waals surface area contributed by atoms with Crippen molar-refractivity contribution in [2.24, 2.45) is 17.8 Å². The van der Waals surface area contributed by atoms with E-state index in [4.69, 9.17) is 37.0 Å². The first kappa shape index (κ1) is 92.1. The normalized spacial score (nSPS) is 14.1. The molecule has 2 unspecified atom stereocenters. The van der Waals surface area contributed by atoms with Gasteiger partial charge in [0.25, 0.3) is 0 Å². The lowest BCUT2D eigenvalue weighted by atomic mass is 10.0. The molecule has 0 spiro atoms. The van der Waals surface area contributed by atoms with Crippen LogP contribution < -0.4 is 0 Å². The summed E-state index contributed by atoms with van der Waals surface area (Å²) in [7, 11) is -9.91. The van der Waals surface area contributed by atoms with Crippen LogP contribution in [-0.2, 0) is 65.4 Å². The SMILES string of the molecule is CCCCCCCCCCCC(=O)OC[C@H](COP(=O)(O)OC[C@H](O)COP(=O)(O)OC[C@@H](COC(=O)CCCCCCCCCCCCC(C)C)OC(=O)CCCCCCCCCCCCCCCCCCCCC(C)C)OC(=O)CCCCCCCCCCC(C)C. The molecule has 0 aliphatic rings. The van der Waals surface area contributed by atoms with Crippen LogP contribution in [0.25, 0.3) is 0 Å². The molecule has 0 aromatic heterocycles. The Labute approximate surface area is 575 Å². The van der Waals surface area contributed by atoms with Crippen LogP contribution in [0.4, 0.5) is 0 Å². The van der Waals surface area contributed by atoms with Crippen LogP contribution in [0.15, 0.2) is 0 Å². The van der Waals surface area contributed by atoms with E-state index < -0.39 is 97.5 Å². The summed E-state index contributed by atoms with van der Waals surface area (Å²) >= 11 is 0. The zero-order chi connectivity index (χ0) is 69.4. The van der Waals surface area contributed by atoms with Crippen LogP contribution in [0, 0.1) is 17.8 Å². The molecule has 558 valence electrons. The first-order valence-electron chi connectivity index (χ1n) is 38.8. The minimum Gasteiger partial charge on any atom is -0.462 e. The first-order valence-corrected chi connectivity index (χ1v) is 41.8. The van der Waals surface area contributed by atoms with Crippen molar-refractivity contribution in [3.05, 3.63) is 0 Å². The van der Waals surface area contributed by atoms with E-state index in [0.29, 0.717) is 25.7 Å². The molecule has 5 atom stereocenters. The monoisotopic (exact) mass is 1380 g/mol. The third kappa shape index (κ3) is 68.6. The Morgan fingerprint density at radius 2 is 0.489 bits per heavy atom. The summed E-state index contributed by atoms with van der Waals surface area (Å²) in [5.74, 6) is 0.175. The third-order valence-electron chi connectivity index (χ3n) is 17.4. The van der Waals surface area contributed by atoms with Gasteiger partial charge in [0.05, 0.1) is 26.4 Å². The lowest BCUT2D eigenvalue weighted by Gasteiger charge is -2.21. The molecule has 0 heterocycles. The number of ether oxygens (including phenoxy) is 4. The first-order chi connectivity index (χ1) is 45.2. The van der Waals surface area contributed by atoms with Gasteiger partial charge in [0, 0.05) is 25.7 Å². The molecule has 0 aliphatic heterocycles. The largest absolute Gasteiger partial charge is 0.472 e. The van der Waals surface area contributed by atoms with E-state index in [-0.39, 0.29) is 25.7 Å². The Balaban J connectivity index is 5.19. The Bertz CT molecular complexity index is 1840. The van der Waals surface area contributed by atoms with E-state index in [9.17, 15) is 43.2 Å². The second-order valence-corrected chi connectivity index (χ2v) is 31.4. The number of hydrogen-bond acceptors (Lipinski definition) is 15. The predicted octanol–water partition coefficient (Wildman–Crippen LogP) is 21.8. The summed E-state index contributed by atoms with van der Waals surface area (Å²) in [5.41, 5.74) is 0. The highest BCUT2D eigenvalue weighted by molar-refractivity contribution is 7.47. The lowest BCUT2D eigenvalue weighted by Crippen LogP contribution is -2.30. The molecule has 94 heavy (non-hydrogen) atoms. The van der Waals surface area contributed by atoms with E-state index in [0.717, 1.165) is 108 Å². The highest BCUT2D eigenvalue weighted by Crippen LogP contribution is 2.45. The molecule has 17 nitrogen and oxygen atoms in total. The van der Waals surface area contributed by atoms with Gasteiger partial charge in [-0.2, -0.15) is 0 Å². The highest BCUT2D eigenvalue weighted by Gasteiger charge is 2.30. The molecule has 3 N–H and O–H groups in total. The maximum absolute atomic E-state index is 13.1. The average molecular weight is 1380 g/mol. The van der Waals surface area contributed by atoms with Gasteiger partial charge in [0.15, 0.2) is 12.2 Å². The maximum atomic E-state index is 13.1. The quantitative estimate of drug-likeness (QED) is 0.0222. The number of hydrogen-bond donors (Lipinski definition) is 3. The number of aliphatic hydroxyl groups is 1. The summed E-state index contributed by atoms with van der Waals surface area (Å²) in [5, 5.41) is 10.6. The lowest BCUT2D eigenvalue weighted by molar-refractivity contribution is -0.161. The standard InChI is InChI=1S/C75H146O17P2/c1-8-9-10-11-12-25-35-42-49-56-72(77)85-62-71(92-75(80)59-52-45-38-31-30-34-41-48-55-68(6)7)65-90-94(83,84)88-61-69(76)60-87-93(81,82)89-64-70(63-86-73(78)57-50-43-36-28-24-23-27-33-40-47-54-67(4)5)91-74(79)58-51-44-37-29-22-20-18-16-14-13-15-17-19-21-26-32-39-46-53-66(2)3/h66-71,76H,8-65H2,1-7H3,(H,81,82)(H,83,84)/t69-,70-,71-/m1/s1. The number of phosphoric ester groups is 2. The van der Waals surface area contributed by atoms with E-state index in [1.165, 1.54) is 193 Å². The summed E-state index contributed by atoms with van der Waals surface area (Å²) in [6, 6.07) is 0. The Hall–Kier alpha value is -1.94. The fraction of sp³-hybridized carbons (Fsp3) is 0.947. The number of carbonyl (C=O) groups is 4. The minimum absolute atomic E-state index is 0.104. The van der Waals surface area contributed by atoms with Crippen molar-refractivity contribution in [1.82, 2.24) is 0 Å². The zero-order valence-electron chi connectivity index (χ0n) is 61.4. The molecule has 0 amide bonds. The average Bonchev–Trinajstić information content (AvgIpc) is 1.57. The molecule has 0 saturated heterocycles. The molecule has 0 aliphatic carbocycles.